The third-order valence-corrected chi connectivity index (χ3v) is 1.75. The number of nitrogens with zero attached hydrogens (tertiary/aromatic N) is 1. The van der Waals surface area contributed by atoms with Crippen LogP contribution in [0.5, 0.6) is 0 Å². The number of carbonyl (C=O) groups is 1. The third-order valence-electron chi connectivity index (χ3n) is 1.47. The van der Waals surface area contributed by atoms with E-state index < -0.39 is 23.1 Å². The summed E-state index contributed by atoms with van der Waals surface area (Å²) < 4.78 is 37.5. The molecule has 1 rings (SSSR count). The lowest BCUT2D eigenvalue weighted by Gasteiger charge is -2.09. The second kappa shape index (κ2) is 4.61. The maximum atomic E-state index is 12.9. The highest BCUT2D eigenvalue weighted by molar-refractivity contribution is 9.10. The summed E-state index contributed by atoms with van der Waals surface area (Å²) in [6.45, 7) is -0.909. The fraction of sp³-hybridized carbons (Fsp3) is 0.250. The summed E-state index contributed by atoms with van der Waals surface area (Å²) in [5.41, 5.74) is -0.318. The van der Waals surface area contributed by atoms with Gasteiger partial charge < -0.3 is 5.32 Å². The first kappa shape index (κ1) is 12.0. The molecule has 1 aromatic rings. The van der Waals surface area contributed by atoms with Crippen LogP contribution in [-0.4, -0.2) is 22.3 Å². The molecule has 1 heterocycles. The van der Waals surface area contributed by atoms with Gasteiger partial charge in [-0.05, 0) is 22.0 Å². The Morgan fingerprint density at radius 1 is 1.60 bits per heavy atom. The van der Waals surface area contributed by atoms with E-state index >= 15 is 0 Å². The summed E-state index contributed by atoms with van der Waals surface area (Å²) in [7, 11) is 0. The van der Waals surface area contributed by atoms with Crippen LogP contribution in [0.1, 0.15) is 10.4 Å². The highest BCUT2D eigenvalue weighted by Crippen LogP contribution is 2.19. The van der Waals surface area contributed by atoms with Crippen molar-refractivity contribution in [2.75, 3.05) is 6.54 Å². The second-order valence-electron chi connectivity index (χ2n) is 2.65. The van der Waals surface area contributed by atoms with Gasteiger partial charge in [0, 0.05) is 6.20 Å². The zero-order valence-corrected chi connectivity index (χ0v) is 8.89. The topological polar surface area (TPSA) is 42.0 Å². The number of alkyl halides is 3. The molecule has 1 N–H and O–H groups in total. The SMILES string of the molecule is O=C(NCC(F)(F)Br)c1ccncc1F. The molecule has 15 heavy (non-hydrogen) atoms. The summed E-state index contributed by atoms with van der Waals surface area (Å²) in [5, 5.41) is 1.88. The van der Waals surface area contributed by atoms with Crippen LogP contribution in [0.4, 0.5) is 13.2 Å². The predicted octanol–water partition coefficient (Wildman–Crippen LogP) is 1.94. The Morgan fingerprint density at radius 3 is 2.80 bits per heavy atom. The number of amides is 1. The quantitative estimate of drug-likeness (QED) is 0.861. The van der Waals surface area contributed by atoms with E-state index in [4.69, 9.17) is 0 Å². The van der Waals surface area contributed by atoms with E-state index in [1.54, 1.807) is 0 Å². The van der Waals surface area contributed by atoms with Crippen molar-refractivity contribution in [1.82, 2.24) is 10.3 Å². The van der Waals surface area contributed by atoms with Gasteiger partial charge in [0.25, 0.3) is 5.91 Å². The zero-order valence-electron chi connectivity index (χ0n) is 7.31. The van der Waals surface area contributed by atoms with Crippen molar-refractivity contribution in [2.45, 2.75) is 4.83 Å². The van der Waals surface area contributed by atoms with Crippen molar-refractivity contribution in [1.29, 1.82) is 0 Å². The first-order chi connectivity index (χ1) is 6.90. The smallest absolute Gasteiger partial charge is 0.318 e. The molecule has 0 atom stereocenters. The molecule has 0 aromatic carbocycles. The number of carbonyl (C=O) groups excluding carboxylic acids is 1. The fourth-order valence-electron chi connectivity index (χ4n) is 0.835. The molecule has 0 saturated carbocycles. The van der Waals surface area contributed by atoms with E-state index in [-0.39, 0.29) is 5.56 Å². The Hall–Kier alpha value is -1.11. The van der Waals surface area contributed by atoms with Crippen LogP contribution in [0.25, 0.3) is 0 Å². The number of pyridine rings is 1. The molecule has 0 aliphatic rings. The lowest BCUT2D eigenvalue weighted by atomic mass is 10.2. The number of nitrogens with one attached hydrogen (secondary N) is 1. The average Bonchev–Trinajstić information content (AvgIpc) is 2.14. The molecule has 0 aliphatic carbocycles. The van der Waals surface area contributed by atoms with E-state index in [0.717, 1.165) is 12.3 Å². The van der Waals surface area contributed by atoms with Gasteiger partial charge in [-0.15, -0.1) is 0 Å². The van der Waals surface area contributed by atoms with E-state index in [1.165, 1.54) is 6.20 Å². The van der Waals surface area contributed by atoms with Gasteiger partial charge >= 0.3 is 4.83 Å². The largest absolute Gasteiger partial charge is 0.345 e. The summed E-state index contributed by atoms with van der Waals surface area (Å²) in [5.74, 6) is -1.76. The fourth-order valence-corrected chi connectivity index (χ4v) is 0.975. The Labute approximate surface area is 91.8 Å². The minimum absolute atomic E-state index is 0.318. The van der Waals surface area contributed by atoms with E-state index in [0.29, 0.717) is 0 Å². The van der Waals surface area contributed by atoms with Crippen molar-refractivity contribution < 1.29 is 18.0 Å². The standard InChI is InChI=1S/C8H6BrF3N2O/c9-8(11,12)4-14-7(15)5-1-2-13-3-6(5)10/h1-3H,4H2,(H,14,15). The highest BCUT2D eigenvalue weighted by Gasteiger charge is 2.25. The second-order valence-corrected chi connectivity index (χ2v) is 3.81. The molecule has 0 unspecified atom stereocenters. The number of hydrogen-bond acceptors (Lipinski definition) is 2. The number of halogens is 4. The molecule has 7 heteroatoms. The van der Waals surface area contributed by atoms with Crippen LogP contribution in [0.2, 0.25) is 0 Å². The van der Waals surface area contributed by atoms with Gasteiger partial charge in [0.1, 0.15) is 0 Å². The minimum Gasteiger partial charge on any atom is -0.345 e. The summed E-state index contributed by atoms with van der Waals surface area (Å²) >= 11 is 2.04. The molecule has 0 spiro atoms. The van der Waals surface area contributed by atoms with Gasteiger partial charge in [-0.2, -0.15) is 8.78 Å². The van der Waals surface area contributed by atoms with Crippen molar-refractivity contribution in [3.8, 4) is 0 Å². The van der Waals surface area contributed by atoms with Crippen LogP contribution in [-0.2, 0) is 0 Å². The lowest BCUT2D eigenvalue weighted by Crippen LogP contribution is -2.33. The van der Waals surface area contributed by atoms with Crippen LogP contribution < -0.4 is 5.32 Å². The van der Waals surface area contributed by atoms with Gasteiger partial charge in [0.2, 0.25) is 0 Å². The molecule has 0 radical (unpaired) electrons. The number of rotatable bonds is 3. The maximum absolute atomic E-state index is 12.9. The average molecular weight is 283 g/mol. The molecule has 0 aliphatic heterocycles. The Kier molecular flexibility index (Phi) is 3.67. The number of aromatic nitrogens is 1. The van der Waals surface area contributed by atoms with Gasteiger partial charge in [0.15, 0.2) is 5.82 Å². The van der Waals surface area contributed by atoms with Crippen molar-refractivity contribution >= 4 is 21.8 Å². The summed E-state index contributed by atoms with van der Waals surface area (Å²) in [6, 6.07) is 1.11. The minimum atomic E-state index is -3.20. The highest BCUT2D eigenvalue weighted by atomic mass is 79.9. The van der Waals surface area contributed by atoms with Crippen LogP contribution in [0.3, 0.4) is 0 Å². The van der Waals surface area contributed by atoms with Gasteiger partial charge in [-0.3, -0.25) is 9.78 Å². The predicted molar refractivity (Wildman–Crippen MR) is 50.4 cm³/mol. The molecular formula is C8H6BrF3N2O. The maximum Gasteiger partial charge on any atom is 0.318 e. The molecule has 0 fully saturated rings. The van der Waals surface area contributed by atoms with E-state index in [9.17, 15) is 18.0 Å². The zero-order chi connectivity index (χ0) is 11.5. The Bertz CT molecular complexity index is 367. The van der Waals surface area contributed by atoms with Gasteiger partial charge in [0.05, 0.1) is 18.3 Å². The van der Waals surface area contributed by atoms with Crippen molar-refractivity contribution in [3.05, 3.63) is 29.8 Å². The third kappa shape index (κ3) is 3.86. The first-order valence-electron chi connectivity index (χ1n) is 3.84. The first-order valence-corrected chi connectivity index (χ1v) is 4.64. The molecule has 1 amide bonds. The van der Waals surface area contributed by atoms with Gasteiger partial charge in [-0.25, -0.2) is 4.39 Å². The summed E-state index contributed by atoms with van der Waals surface area (Å²) in [6.07, 6.45) is 2.03. The molecular weight excluding hydrogens is 277 g/mol. The Balaban J connectivity index is 2.66. The number of hydrogen-bond donors (Lipinski definition) is 1. The normalized spacial score (nSPS) is 11.2. The van der Waals surface area contributed by atoms with Crippen molar-refractivity contribution in [3.63, 3.8) is 0 Å². The van der Waals surface area contributed by atoms with E-state index in [1.807, 2.05) is 21.2 Å². The molecule has 3 nitrogen and oxygen atoms in total. The van der Waals surface area contributed by atoms with E-state index in [2.05, 4.69) is 4.98 Å². The van der Waals surface area contributed by atoms with Crippen LogP contribution >= 0.6 is 15.9 Å². The lowest BCUT2D eigenvalue weighted by molar-refractivity contribution is 0.0832. The Morgan fingerprint density at radius 2 is 2.27 bits per heavy atom. The van der Waals surface area contributed by atoms with Crippen LogP contribution in [0, 0.1) is 5.82 Å². The van der Waals surface area contributed by atoms with Crippen molar-refractivity contribution in [2.24, 2.45) is 0 Å². The van der Waals surface area contributed by atoms with Crippen LogP contribution in [0.15, 0.2) is 18.5 Å². The van der Waals surface area contributed by atoms with Gasteiger partial charge in [-0.1, -0.05) is 0 Å². The molecule has 0 saturated heterocycles. The monoisotopic (exact) mass is 282 g/mol. The molecule has 0 bridgehead atoms. The summed E-state index contributed by atoms with van der Waals surface area (Å²) in [4.78, 5) is 11.4. The molecule has 82 valence electrons. The molecule has 1 aromatic heterocycles.